The van der Waals surface area contributed by atoms with Gasteiger partial charge in [0.15, 0.2) is 0 Å². The number of fused-ring (bicyclic) bond motifs is 1. The van der Waals surface area contributed by atoms with Crippen molar-refractivity contribution in [1.82, 2.24) is 4.57 Å². The number of rotatable bonds is 1. The van der Waals surface area contributed by atoms with Crippen LogP contribution in [0, 0.1) is 6.92 Å². The van der Waals surface area contributed by atoms with Crippen LogP contribution in [-0.2, 0) is 21.4 Å². The van der Waals surface area contributed by atoms with Gasteiger partial charge in [0.1, 0.15) is 0 Å². The second-order valence-corrected chi connectivity index (χ2v) is 6.09. The van der Waals surface area contributed by atoms with Crippen molar-refractivity contribution >= 4 is 28.4 Å². The minimum Gasteiger partial charge on any atom is -0.386 e. The van der Waals surface area contributed by atoms with Crippen molar-refractivity contribution in [3.05, 3.63) is 52.2 Å². The van der Waals surface area contributed by atoms with Gasteiger partial charge in [-0.05, 0) is 39.3 Å². The van der Waals surface area contributed by atoms with Gasteiger partial charge < -0.3 is 9.30 Å². The third-order valence-electron chi connectivity index (χ3n) is 4.49. The zero-order valence-corrected chi connectivity index (χ0v) is 14.0. The average Bonchev–Trinajstić information content (AvgIpc) is 2.93. The summed E-state index contributed by atoms with van der Waals surface area (Å²) in [6, 6.07) is 8.04. The van der Waals surface area contributed by atoms with E-state index in [9.17, 15) is 9.59 Å². The van der Waals surface area contributed by atoms with Crippen LogP contribution in [-0.4, -0.2) is 16.5 Å². The van der Waals surface area contributed by atoms with Crippen LogP contribution in [0.5, 0.6) is 0 Å². The van der Waals surface area contributed by atoms with Crippen LogP contribution in [0.4, 0.5) is 0 Å². The molecule has 0 aliphatic carbocycles. The summed E-state index contributed by atoms with van der Waals surface area (Å²) in [6.07, 6.45) is 0. The summed E-state index contributed by atoms with van der Waals surface area (Å²) >= 11 is 0. The van der Waals surface area contributed by atoms with Gasteiger partial charge in [0.05, 0.1) is 11.1 Å². The lowest BCUT2D eigenvalue weighted by Gasteiger charge is -2.07. The molecule has 0 amide bonds. The molecule has 4 heteroatoms. The van der Waals surface area contributed by atoms with E-state index >= 15 is 0 Å². The molecule has 2 aromatic rings. The summed E-state index contributed by atoms with van der Waals surface area (Å²) in [4.78, 5) is 24.2. The van der Waals surface area contributed by atoms with Gasteiger partial charge in [-0.1, -0.05) is 23.8 Å². The number of para-hydroxylation sites is 1. The first-order valence-electron chi connectivity index (χ1n) is 7.54. The molecule has 1 fully saturated rings. The predicted octanol–water partition coefficient (Wildman–Crippen LogP) is 3.68. The molecule has 0 N–H and O–H groups in total. The van der Waals surface area contributed by atoms with Gasteiger partial charge in [-0.2, -0.15) is 0 Å². The Kier molecular flexibility index (Phi) is 3.48. The number of esters is 2. The number of hydrogen-bond donors (Lipinski definition) is 0. The Labute approximate surface area is 135 Å². The highest BCUT2D eigenvalue weighted by Gasteiger charge is 2.36. The van der Waals surface area contributed by atoms with Gasteiger partial charge >= 0.3 is 11.9 Å². The highest BCUT2D eigenvalue weighted by molar-refractivity contribution is 6.22. The highest BCUT2D eigenvalue weighted by atomic mass is 16.6. The zero-order valence-electron chi connectivity index (χ0n) is 14.0. The number of ether oxygens (including phenoxy) is 1. The summed E-state index contributed by atoms with van der Waals surface area (Å²) in [7, 11) is 2.00. The van der Waals surface area contributed by atoms with Crippen LogP contribution in [0.2, 0.25) is 0 Å². The Morgan fingerprint density at radius 1 is 1.00 bits per heavy atom. The van der Waals surface area contributed by atoms with Crippen molar-refractivity contribution in [3.63, 3.8) is 0 Å². The molecule has 1 aliphatic rings. The second kappa shape index (κ2) is 5.23. The second-order valence-electron chi connectivity index (χ2n) is 6.09. The van der Waals surface area contributed by atoms with E-state index in [-0.39, 0.29) is 0 Å². The van der Waals surface area contributed by atoms with E-state index in [0.717, 1.165) is 33.3 Å². The summed E-state index contributed by atoms with van der Waals surface area (Å²) < 4.78 is 6.94. The summed E-state index contributed by atoms with van der Waals surface area (Å²) in [6.45, 7) is 7.54. The number of aryl methyl sites for hydroxylation is 1. The topological polar surface area (TPSA) is 48.3 Å². The van der Waals surface area contributed by atoms with Crippen molar-refractivity contribution in [1.29, 1.82) is 0 Å². The van der Waals surface area contributed by atoms with E-state index in [1.54, 1.807) is 0 Å². The number of carbonyl (C=O) groups excluding carboxylic acids is 2. The van der Waals surface area contributed by atoms with E-state index in [1.165, 1.54) is 0 Å². The minimum absolute atomic E-state index is 0.384. The molecule has 118 valence electrons. The summed E-state index contributed by atoms with van der Waals surface area (Å²) in [5.41, 5.74) is 5.48. The maximum absolute atomic E-state index is 12.2. The molecule has 0 spiro atoms. The molecule has 0 saturated carbocycles. The van der Waals surface area contributed by atoms with Crippen LogP contribution in [0.15, 0.2) is 41.0 Å². The fourth-order valence-corrected chi connectivity index (χ4v) is 3.30. The smallest absolute Gasteiger partial charge is 0.347 e. The Morgan fingerprint density at radius 3 is 2.26 bits per heavy atom. The molecular weight excluding hydrogens is 290 g/mol. The monoisotopic (exact) mass is 309 g/mol. The Morgan fingerprint density at radius 2 is 1.61 bits per heavy atom. The van der Waals surface area contributed by atoms with Crippen LogP contribution in [0.1, 0.15) is 32.0 Å². The SMILES string of the molecule is CC(C)=C1C(=O)OC(=O)/C1=C(\C)c1c(C)n(C)c2ccccc12. The Balaban J connectivity index is 2.39. The number of hydrogen-bond acceptors (Lipinski definition) is 3. The number of benzene rings is 1. The van der Waals surface area contributed by atoms with Crippen LogP contribution >= 0.6 is 0 Å². The minimum atomic E-state index is -0.559. The first-order chi connectivity index (χ1) is 10.8. The number of carbonyl (C=O) groups is 2. The molecular formula is C19H19NO3. The van der Waals surface area contributed by atoms with E-state index < -0.39 is 11.9 Å². The molecule has 2 heterocycles. The fraction of sp³-hybridized carbons (Fsp3) is 0.263. The standard InChI is InChI=1S/C19H19NO3/c1-10(2)15-17(19(22)23-18(15)21)11(3)16-12(4)20(5)14-9-7-6-8-13(14)16/h6-9H,1-5H3/b17-11+. The van der Waals surface area contributed by atoms with E-state index in [0.29, 0.717) is 11.1 Å². The first kappa shape index (κ1) is 15.3. The van der Waals surface area contributed by atoms with Crippen molar-refractivity contribution in [2.75, 3.05) is 0 Å². The Hall–Kier alpha value is -2.62. The molecule has 0 bridgehead atoms. The van der Waals surface area contributed by atoms with E-state index in [4.69, 9.17) is 4.74 Å². The number of cyclic esters (lactones) is 2. The van der Waals surface area contributed by atoms with Gasteiger partial charge in [0.25, 0.3) is 0 Å². The summed E-state index contributed by atoms with van der Waals surface area (Å²) in [5.74, 6) is -1.11. The van der Waals surface area contributed by atoms with Gasteiger partial charge in [0, 0.05) is 29.2 Å². The third-order valence-corrected chi connectivity index (χ3v) is 4.49. The zero-order chi connectivity index (χ0) is 16.9. The molecule has 3 rings (SSSR count). The maximum Gasteiger partial charge on any atom is 0.347 e. The molecule has 23 heavy (non-hydrogen) atoms. The lowest BCUT2D eigenvalue weighted by molar-refractivity contribution is -0.149. The molecule has 4 nitrogen and oxygen atoms in total. The largest absolute Gasteiger partial charge is 0.386 e. The average molecular weight is 309 g/mol. The fourth-order valence-electron chi connectivity index (χ4n) is 3.30. The van der Waals surface area contributed by atoms with Gasteiger partial charge in [0.2, 0.25) is 0 Å². The first-order valence-corrected chi connectivity index (χ1v) is 7.54. The van der Waals surface area contributed by atoms with E-state index in [2.05, 4.69) is 4.57 Å². The van der Waals surface area contributed by atoms with Crippen LogP contribution in [0.25, 0.3) is 16.5 Å². The van der Waals surface area contributed by atoms with Gasteiger partial charge in [-0.3, -0.25) is 0 Å². The van der Waals surface area contributed by atoms with E-state index in [1.807, 2.05) is 59.0 Å². The molecule has 1 aliphatic heterocycles. The van der Waals surface area contributed by atoms with Crippen molar-refractivity contribution in [3.8, 4) is 0 Å². The lowest BCUT2D eigenvalue weighted by atomic mass is 9.93. The third kappa shape index (κ3) is 2.13. The molecule has 1 aromatic carbocycles. The lowest BCUT2D eigenvalue weighted by Crippen LogP contribution is -2.01. The molecule has 0 radical (unpaired) electrons. The number of allylic oxidation sites excluding steroid dienone is 2. The number of nitrogens with zero attached hydrogens (tertiary/aromatic N) is 1. The molecule has 0 atom stereocenters. The molecule has 0 unspecified atom stereocenters. The molecule has 1 aromatic heterocycles. The van der Waals surface area contributed by atoms with Crippen LogP contribution in [0.3, 0.4) is 0 Å². The molecule has 1 saturated heterocycles. The van der Waals surface area contributed by atoms with Crippen molar-refractivity contribution < 1.29 is 14.3 Å². The van der Waals surface area contributed by atoms with Gasteiger partial charge in [-0.25, -0.2) is 9.59 Å². The number of aromatic nitrogens is 1. The van der Waals surface area contributed by atoms with Crippen molar-refractivity contribution in [2.24, 2.45) is 7.05 Å². The highest BCUT2D eigenvalue weighted by Crippen LogP contribution is 2.37. The normalized spacial score (nSPS) is 17.0. The van der Waals surface area contributed by atoms with Crippen LogP contribution < -0.4 is 0 Å². The van der Waals surface area contributed by atoms with Crippen molar-refractivity contribution in [2.45, 2.75) is 27.7 Å². The summed E-state index contributed by atoms with van der Waals surface area (Å²) in [5, 5.41) is 1.07. The quantitative estimate of drug-likeness (QED) is 0.459. The van der Waals surface area contributed by atoms with Gasteiger partial charge in [-0.15, -0.1) is 0 Å². The Bertz CT molecular complexity index is 921. The predicted molar refractivity (Wildman–Crippen MR) is 89.7 cm³/mol. The maximum atomic E-state index is 12.2.